The van der Waals surface area contributed by atoms with Crippen molar-refractivity contribution in [3.05, 3.63) is 0 Å². The maximum absolute atomic E-state index is 12.2. The molecule has 0 radical (unpaired) electrons. The van der Waals surface area contributed by atoms with Crippen molar-refractivity contribution in [3.8, 4) is 0 Å². The molecular formula is C23H38O3. The lowest BCUT2D eigenvalue weighted by molar-refractivity contribution is -0.153. The van der Waals surface area contributed by atoms with Crippen LogP contribution in [0.25, 0.3) is 0 Å². The van der Waals surface area contributed by atoms with Crippen molar-refractivity contribution in [2.24, 2.45) is 46.3 Å². The van der Waals surface area contributed by atoms with E-state index in [-0.39, 0.29) is 18.0 Å². The maximum Gasteiger partial charge on any atom is 0.308 e. The molecule has 26 heavy (non-hydrogen) atoms. The predicted molar refractivity (Wildman–Crippen MR) is 102 cm³/mol. The Hall–Kier alpha value is -0.570. The van der Waals surface area contributed by atoms with Crippen molar-refractivity contribution < 1.29 is 14.6 Å². The summed E-state index contributed by atoms with van der Waals surface area (Å²) in [5, 5.41) is 10.2. The van der Waals surface area contributed by atoms with Crippen LogP contribution in [-0.4, -0.2) is 24.3 Å². The highest BCUT2D eigenvalue weighted by Gasteiger charge is 2.61. The quantitative estimate of drug-likeness (QED) is 0.717. The molecule has 4 saturated carbocycles. The molecule has 0 aromatic rings. The Kier molecular flexibility index (Phi) is 4.69. The van der Waals surface area contributed by atoms with Crippen LogP contribution in [0.3, 0.4) is 0 Å². The van der Waals surface area contributed by atoms with Gasteiger partial charge in [-0.1, -0.05) is 20.8 Å². The van der Waals surface area contributed by atoms with Crippen LogP contribution in [0.5, 0.6) is 0 Å². The number of ether oxygens (including phenoxy) is 1. The van der Waals surface area contributed by atoms with Crippen molar-refractivity contribution in [1.82, 2.24) is 0 Å². The van der Waals surface area contributed by atoms with Crippen molar-refractivity contribution >= 4 is 5.97 Å². The topological polar surface area (TPSA) is 46.5 Å². The zero-order valence-electron chi connectivity index (χ0n) is 17.2. The zero-order chi connectivity index (χ0) is 18.7. The second kappa shape index (κ2) is 6.50. The van der Waals surface area contributed by atoms with Crippen LogP contribution in [-0.2, 0) is 9.53 Å². The van der Waals surface area contributed by atoms with E-state index in [1.807, 2.05) is 0 Å². The van der Waals surface area contributed by atoms with Crippen LogP contribution >= 0.6 is 0 Å². The first-order chi connectivity index (χ1) is 12.3. The van der Waals surface area contributed by atoms with Crippen LogP contribution < -0.4 is 0 Å². The number of hydrogen-bond acceptors (Lipinski definition) is 3. The largest absolute Gasteiger partial charge is 0.469 e. The van der Waals surface area contributed by atoms with Crippen molar-refractivity contribution in [3.63, 3.8) is 0 Å². The Labute approximate surface area is 159 Å². The summed E-state index contributed by atoms with van der Waals surface area (Å²) in [6.07, 6.45) is 10.9. The van der Waals surface area contributed by atoms with Gasteiger partial charge >= 0.3 is 5.97 Å². The Morgan fingerprint density at radius 3 is 2.42 bits per heavy atom. The summed E-state index contributed by atoms with van der Waals surface area (Å²) in [7, 11) is 1.53. The number of aliphatic hydroxyl groups excluding tert-OH is 1. The molecule has 0 saturated heterocycles. The molecule has 4 fully saturated rings. The highest BCUT2D eigenvalue weighted by molar-refractivity contribution is 5.72. The molecule has 0 spiro atoms. The third kappa shape index (κ3) is 2.59. The summed E-state index contributed by atoms with van der Waals surface area (Å²) >= 11 is 0. The van der Waals surface area contributed by atoms with Gasteiger partial charge in [0.05, 0.1) is 19.1 Å². The van der Waals surface area contributed by atoms with Gasteiger partial charge in [-0.15, -0.1) is 0 Å². The first kappa shape index (κ1) is 18.8. The van der Waals surface area contributed by atoms with Crippen LogP contribution in [0.4, 0.5) is 0 Å². The van der Waals surface area contributed by atoms with E-state index in [4.69, 9.17) is 4.74 Å². The molecule has 148 valence electrons. The van der Waals surface area contributed by atoms with Gasteiger partial charge in [-0.3, -0.25) is 4.79 Å². The Morgan fingerprint density at radius 1 is 1.00 bits per heavy atom. The summed E-state index contributed by atoms with van der Waals surface area (Å²) in [5.41, 5.74) is 0.752. The number of methoxy groups -OCH3 is 1. The average Bonchev–Trinajstić information content (AvgIpc) is 2.98. The van der Waals surface area contributed by atoms with E-state index < -0.39 is 0 Å². The van der Waals surface area contributed by atoms with Crippen molar-refractivity contribution in [2.75, 3.05) is 7.11 Å². The smallest absolute Gasteiger partial charge is 0.308 e. The fourth-order valence-electron chi connectivity index (χ4n) is 8.45. The monoisotopic (exact) mass is 362 g/mol. The molecule has 0 heterocycles. The lowest BCUT2D eigenvalue weighted by Gasteiger charge is -2.61. The molecule has 4 aliphatic carbocycles. The molecule has 9 unspecified atom stereocenters. The number of fused-ring (bicyclic) bond motifs is 5. The highest BCUT2D eigenvalue weighted by Crippen LogP contribution is 2.68. The van der Waals surface area contributed by atoms with Gasteiger partial charge < -0.3 is 9.84 Å². The number of rotatable bonds is 2. The maximum atomic E-state index is 12.2. The molecule has 0 aliphatic heterocycles. The van der Waals surface area contributed by atoms with Gasteiger partial charge in [0.2, 0.25) is 0 Å². The molecule has 4 rings (SSSR count). The van der Waals surface area contributed by atoms with Gasteiger partial charge in [-0.2, -0.15) is 0 Å². The van der Waals surface area contributed by atoms with Crippen molar-refractivity contribution in [1.29, 1.82) is 0 Å². The fraction of sp³-hybridized carbons (Fsp3) is 0.957. The first-order valence-electron chi connectivity index (χ1n) is 11.1. The van der Waals surface area contributed by atoms with E-state index >= 15 is 0 Å². The fourth-order valence-corrected chi connectivity index (χ4v) is 8.45. The normalized spacial score (nSPS) is 51.7. The third-order valence-electron chi connectivity index (χ3n) is 9.89. The minimum Gasteiger partial charge on any atom is -0.469 e. The van der Waals surface area contributed by atoms with E-state index in [1.54, 1.807) is 0 Å². The van der Waals surface area contributed by atoms with Gasteiger partial charge in [-0.05, 0) is 98.2 Å². The second-order valence-electron chi connectivity index (χ2n) is 10.6. The number of carbonyl (C=O) groups excluding carboxylic acids is 1. The Morgan fingerprint density at radius 2 is 1.69 bits per heavy atom. The highest BCUT2D eigenvalue weighted by atomic mass is 16.5. The van der Waals surface area contributed by atoms with E-state index in [0.29, 0.717) is 16.7 Å². The molecule has 0 bridgehead atoms. The third-order valence-corrected chi connectivity index (χ3v) is 9.89. The summed E-state index contributed by atoms with van der Waals surface area (Å²) in [4.78, 5) is 12.2. The average molecular weight is 363 g/mol. The predicted octanol–water partition coefficient (Wildman–Crippen LogP) is 4.82. The van der Waals surface area contributed by atoms with Gasteiger partial charge in [0.15, 0.2) is 0 Å². The molecule has 4 aliphatic rings. The van der Waals surface area contributed by atoms with E-state index in [2.05, 4.69) is 20.8 Å². The minimum atomic E-state index is -0.0600. The zero-order valence-corrected chi connectivity index (χ0v) is 17.2. The molecule has 9 atom stereocenters. The van der Waals surface area contributed by atoms with Crippen molar-refractivity contribution in [2.45, 2.75) is 84.7 Å². The van der Waals surface area contributed by atoms with Gasteiger partial charge in [-0.25, -0.2) is 0 Å². The lowest BCUT2D eigenvalue weighted by atomic mass is 9.44. The van der Waals surface area contributed by atoms with Crippen LogP contribution in [0.1, 0.15) is 78.6 Å². The van der Waals surface area contributed by atoms with Gasteiger partial charge in [0.1, 0.15) is 0 Å². The first-order valence-corrected chi connectivity index (χ1v) is 11.1. The Balaban J connectivity index is 1.57. The summed E-state index contributed by atoms with van der Waals surface area (Å²) in [5.74, 6) is 3.67. The molecule has 3 nitrogen and oxygen atoms in total. The van der Waals surface area contributed by atoms with E-state index in [1.165, 1.54) is 52.1 Å². The summed E-state index contributed by atoms with van der Waals surface area (Å²) in [6.45, 7) is 7.13. The van der Waals surface area contributed by atoms with Crippen LogP contribution in [0.2, 0.25) is 0 Å². The summed E-state index contributed by atoms with van der Waals surface area (Å²) in [6, 6.07) is 0. The molecule has 0 amide bonds. The Bertz CT molecular complexity index is 560. The van der Waals surface area contributed by atoms with Crippen LogP contribution in [0, 0.1) is 46.3 Å². The van der Waals surface area contributed by atoms with Crippen LogP contribution in [0.15, 0.2) is 0 Å². The molecule has 3 heteroatoms. The second-order valence-corrected chi connectivity index (χ2v) is 10.6. The summed E-state index contributed by atoms with van der Waals surface area (Å²) < 4.78 is 5.09. The van der Waals surface area contributed by atoms with E-state index in [0.717, 1.165) is 36.5 Å². The minimum absolute atomic E-state index is 0.0177. The lowest BCUT2D eigenvalue weighted by Crippen LogP contribution is -2.54. The molecular weight excluding hydrogens is 324 g/mol. The van der Waals surface area contributed by atoms with Gasteiger partial charge in [0, 0.05) is 0 Å². The number of hydrogen-bond donors (Lipinski definition) is 1. The SMILES string of the molecule is COC(=O)C(C)C1CCC2C3CCC4CC(O)CCC4(C)C3CCC12C. The number of esters is 1. The number of aliphatic hydroxyl groups is 1. The van der Waals surface area contributed by atoms with E-state index in [9.17, 15) is 9.90 Å². The molecule has 0 aromatic carbocycles. The standard InChI is InChI=1S/C23H38O3/c1-14(21(25)26-4)18-7-8-19-17-6-5-15-13-16(24)9-11-22(15,2)20(17)10-12-23(18,19)3/h14-20,24H,5-13H2,1-4H3. The molecule has 0 aromatic heterocycles. The number of carbonyl (C=O) groups is 1. The van der Waals surface area contributed by atoms with Gasteiger partial charge in [0.25, 0.3) is 0 Å². The molecule has 1 N–H and O–H groups in total.